The number of hydrogen-bond donors (Lipinski definition) is 1. The molecule has 9 nitrogen and oxygen atoms in total. The van der Waals surface area contributed by atoms with Crippen molar-refractivity contribution in [3.05, 3.63) is 52.5 Å². The Hall–Kier alpha value is -2.80. The first-order valence-electron chi connectivity index (χ1n) is 9.98. The summed E-state index contributed by atoms with van der Waals surface area (Å²) in [7, 11) is 2.88. The van der Waals surface area contributed by atoms with Gasteiger partial charge < -0.3 is 14.2 Å². The van der Waals surface area contributed by atoms with Crippen LogP contribution in [-0.2, 0) is 15.3 Å². The molecular formula is C22H21ClN4O5S3. The fourth-order valence-electron chi connectivity index (χ4n) is 2.63. The first-order chi connectivity index (χ1) is 16.9. The van der Waals surface area contributed by atoms with E-state index in [1.54, 1.807) is 12.1 Å². The predicted molar refractivity (Wildman–Crippen MR) is 138 cm³/mol. The second-order valence-corrected chi connectivity index (χ2v) is 10.5. The molecule has 0 fully saturated rings. The SMILES string of the molecule is COc1cc(/C=N\NC(=O)CSc2nnc(SCc3ccccc3Cl)s2)cc(OC)c1OC(C)=O. The number of halogens is 1. The maximum absolute atomic E-state index is 12.2. The number of benzene rings is 2. The van der Waals surface area contributed by atoms with E-state index >= 15 is 0 Å². The number of amides is 1. The summed E-state index contributed by atoms with van der Waals surface area (Å²) in [5.74, 6) is 0.757. The number of nitrogens with zero attached hydrogens (tertiary/aromatic N) is 3. The van der Waals surface area contributed by atoms with Crippen molar-refractivity contribution in [2.24, 2.45) is 5.10 Å². The molecule has 0 bridgehead atoms. The zero-order chi connectivity index (χ0) is 25.2. The zero-order valence-corrected chi connectivity index (χ0v) is 22.1. The van der Waals surface area contributed by atoms with Gasteiger partial charge in [-0.15, -0.1) is 10.2 Å². The standard InChI is InChI=1S/C22H21ClN4O5S3/c1-13(28)32-20-17(30-2)8-14(9-18(20)31-3)10-24-25-19(29)12-34-22-27-26-21(35-22)33-11-15-6-4-5-7-16(15)23/h4-10H,11-12H2,1-3H3,(H,25,29)/b24-10-. The average Bonchev–Trinajstić information content (AvgIpc) is 3.30. The molecule has 0 aliphatic rings. The molecule has 2 aromatic carbocycles. The van der Waals surface area contributed by atoms with Gasteiger partial charge in [-0.25, -0.2) is 5.43 Å². The minimum absolute atomic E-state index is 0.124. The zero-order valence-electron chi connectivity index (χ0n) is 18.9. The van der Waals surface area contributed by atoms with Gasteiger partial charge in [-0.2, -0.15) is 5.10 Å². The Bertz CT molecular complexity index is 1200. The third-order valence-electron chi connectivity index (χ3n) is 4.16. The van der Waals surface area contributed by atoms with Crippen LogP contribution in [-0.4, -0.2) is 48.3 Å². The van der Waals surface area contributed by atoms with E-state index in [0.29, 0.717) is 32.2 Å². The second kappa shape index (κ2) is 13.3. The molecule has 3 rings (SSSR count). The predicted octanol–water partition coefficient (Wildman–Crippen LogP) is 4.67. The van der Waals surface area contributed by atoms with Crippen molar-refractivity contribution in [2.75, 3.05) is 20.0 Å². The van der Waals surface area contributed by atoms with E-state index in [4.69, 9.17) is 25.8 Å². The van der Waals surface area contributed by atoms with Gasteiger partial charge >= 0.3 is 5.97 Å². The topological polar surface area (TPSA) is 112 Å². The lowest BCUT2D eigenvalue weighted by Gasteiger charge is -2.13. The molecule has 35 heavy (non-hydrogen) atoms. The van der Waals surface area contributed by atoms with Gasteiger partial charge in [-0.1, -0.05) is 64.7 Å². The third-order valence-corrected chi connectivity index (χ3v) is 7.76. The van der Waals surface area contributed by atoms with E-state index in [-0.39, 0.29) is 17.4 Å². The maximum Gasteiger partial charge on any atom is 0.308 e. The monoisotopic (exact) mass is 552 g/mol. The highest BCUT2D eigenvalue weighted by Crippen LogP contribution is 2.38. The van der Waals surface area contributed by atoms with Gasteiger partial charge in [0, 0.05) is 23.3 Å². The van der Waals surface area contributed by atoms with Gasteiger partial charge in [0.15, 0.2) is 20.2 Å². The van der Waals surface area contributed by atoms with Crippen molar-refractivity contribution in [3.63, 3.8) is 0 Å². The van der Waals surface area contributed by atoms with Crippen molar-refractivity contribution >= 4 is 64.6 Å². The number of rotatable bonds is 11. The lowest BCUT2D eigenvalue weighted by atomic mass is 10.2. The quantitative estimate of drug-likeness (QED) is 0.119. The van der Waals surface area contributed by atoms with Gasteiger partial charge in [0.25, 0.3) is 5.91 Å². The van der Waals surface area contributed by atoms with Crippen molar-refractivity contribution in [1.29, 1.82) is 0 Å². The van der Waals surface area contributed by atoms with Crippen LogP contribution in [0.3, 0.4) is 0 Å². The minimum Gasteiger partial charge on any atom is -0.493 e. The van der Waals surface area contributed by atoms with Crippen LogP contribution in [0.4, 0.5) is 0 Å². The Labute approximate surface area is 219 Å². The molecular weight excluding hydrogens is 532 g/mol. The van der Waals surface area contributed by atoms with Crippen LogP contribution in [0.2, 0.25) is 5.02 Å². The molecule has 184 valence electrons. The number of carbonyl (C=O) groups is 2. The first kappa shape index (κ1) is 26.8. The van der Waals surface area contributed by atoms with Gasteiger partial charge in [0.05, 0.1) is 26.2 Å². The average molecular weight is 553 g/mol. The van der Waals surface area contributed by atoms with Crippen LogP contribution in [0, 0.1) is 0 Å². The third kappa shape index (κ3) is 8.13. The lowest BCUT2D eigenvalue weighted by molar-refractivity contribution is -0.132. The molecule has 1 N–H and O–H groups in total. The molecule has 13 heteroatoms. The summed E-state index contributed by atoms with van der Waals surface area (Å²) < 4.78 is 17.2. The molecule has 0 atom stereocenters. The van der Waals surface area contributed by atoms with Crippen molar-refractivity contribution in [3.8, 4) is 17.2 Å². The fraction of sp³-hybridized carbons (Fsp3) is 0.227. The van der Waals surface area contributed by atoms with E-state index in [9.17, 15) is 9.59 Å². The summed E-state index contributed by atoms with van der Waals surface area (Å²) >= 11 is 10.4. The summed E-state index contributed by atoms with van der Waals surface area (Å²) in [4.78, 5) is 23.5. The summed E-state index contributed by atoms with van der Waals surface area (Å²) in [6.45, 7) is 1.28. The number of nitrogens with one attached hydrogen (secondary N) is 1. The number of ether oxygens (including phenoxy) is 3. The molecule has 0 spiro atoms. The normalized spacial score (nSPS) is 10.9. The molecule has 0 saturated heterocycles. The Morgan fingerprint density at radius 3 is 2.40 bits per heavy atom. The highest BCUT2D eigenvalue weighted by atomic mass is 35.5. The van der Waals surface area contributed by atoms with Crippen LogP contribution >= 0.6 is 46.5 Å². The second-order valence-electron chi connectivity index (χ2n) is 6.64. The van der Waals surface area contributed by atoms with E-state index in [1.165, 1.54) is 62.2 Å². The molecule has 1 aromatic heterocycles. The molecule has 0 aliphatic heterocycles. The number of hydrogen-bond acceptors (Lipinski definition) is 11. The molecule has 0 radical (unpaired) electrons. The van der Waals surface area contributed by atoms with Gasteiger partial charge in [-0.05, 0) is 23.8 Å². The molecule has 1 amide bonds. The largest absolute Gasteiger partial charge is 0.493 e. The number of esters is 1. The van der Waals surface area contributed by atoms with Crippen molar-refractivity contribution in [1.82, 2.24) is 15.6 Å². The van der Waals surface area contributed by atoms with Gasteiger partial charge in [0.2, 0.25) is 5.75 Å². The summed E-state index contributed by atoms with van der Waals surface area (Å²) in [5, 5.41) is 12.9. The van der Waals surface area contributed by atoms with E-state index in [0.717, 1.165) is 9.90 Å². The Kier molecular flexibility index (Phi) is 10.2. The van der Waals surface area contributed by atoms with Gasteiger partial charge in [-0.3, -0.25) is 9.59 Å². The maximum atomic E-state index is 12.2. The number of hydrazone groups is 1. The molecule has 0 unspecified atom stereocenters. The molecule has 3 aromatic rings. The van der Waals surface area contributed by atoms with Crippen LogP contribution in [0.5, 0.6) is 17.2 Å². The summed E-state index contributed by atoms with van der Waals surface area (Å²) in [6.07, 6.45) is 1.43. The lowest BCUT2D eigenvalue weighted by Crippen LogP contribution is -2.19. The fourth-order valence-corrected chi connectivity index (χ4v) is 5.72. The van der Waals surface area contributed by atoms with Gasteiger partial charge in [0.1, 0.15) is 0 Å². The Balaban J connectivity index is 1.50. The van der Waals surface area contributed by atoms with Crippen molar-refractivity contribution < 1.29 is 23.8 Å². The van der Waals surface area contributed by atoms with Crippen LogP contribution in [0.15, 0.2) is 50.2 Å². The van der Waals surface area contributed by atoms with Crippen molar-refractivity contribution in [2.45, 2.75) is 21.4 Å². The highest BCUT2D eigenvalue weighted by molar-refractivity contribution is 8.03. The number of thioether (sulfide) groups is 2. The smallest absolute Gasteiger partial charge is 0.308 e. The number of carbonyl (C=O) groups excluding carboxylic acids is 2. The Morgan fingerprint density at radius 1 is 1.11 bits per heavy atom. The van der Waals surface area contributed by atoms with E-state index in [2.05, 4.69) is 20.7 Å². The molecule has 0 aliphatic carbocycles. The summed E-state index contributed by atoms with van der Waals surface area (Å²) in [6, 6.07) is 10.9. The van der Waals surface area contributed by atoms with E-state index < -0.39 is 5.97 Å². The first-order valence-corrected chi connectivity index (χ1v) is 13.1. The molecule has 0 saturated carbocycles. The van der Waals surface area contributed by atoms with Crippen LogP contribution < -0.4 is 19.6 Å². The van der Waals surface area contributed by atoms with Crippen LogP contribution in [0.1, 0.15) is 18.1 Å². The molecule has 1 heterocycles. The number of methoxy groups -OCH3 is 2. The number of aromatic nitrogens is 2. The van der Waals surface area contributed by atoms with E-state index in [1.807, 2.05) is 24.3 Å². The minimum atomic E-state index is -0.505. The highest BCUT2D eigenvalue weighted by Gasteiger charge is 2.16. The Morgan fingerprint density at radius 2 is 1.77 bits per heavy atom. The summed E-state index contributed by atoms with van der Waals surface area (Å²) in [5.41, 5.74) is 4.06. The van der Waals surface area contributed by atoms with Crippen LogP contribution in [0.25, 0.3) is 0 Å².